The van der Waals surface area contributed by atoms with Crippen LogP contribution in [-0.2, 0) is 13.2 Å². The zero-order valence-corrected chi connectivity index (χ0v) is 20.2. The highest BCUT2D eigenvalue weighted by Gasteiger charge is 2.23. The van der Waals surface area contributed by atoms with Crippen molar-refractivity contribution in [3.8, 4) is 5.75 Å². The Hall–Kier alpha value is -3.36. The van der Waals surface area contributed by atoms with Crippen molar-refractivity contribution in [2.24, 2.45) is 0 Å². The van der Waals surface area contributed by atoms with E-state index in [4.69, 9.17) is 32.5 Å². The number of carbonyl (C=O) groups excluding carboxylic acids is 1. The smallest absolute Gasteiger partial charge is 0.278 e. The number of aryl methyl sites for hydroxylation is 2. The predicted molar refractivity (Wildman–Crippen MR) is 127 cm³/mol. The first-order chi connectivity index (χ1) is 16.2. The number of amides is 1. The van der Waals surface area contributed by atoms with E-state index in [-0.39, 0.29) is 18.1 Å². The Labute approximate surface area is 205 Å². The van der Waals surface area contributed by atoms with Crippen molar-refractivity contribution >= 4 is 34.8 Å². The monoisotopic (exact) mass is 502 g/mol. The number of hydrogen-bond donors (Lipinski definition) is 1. The van der Waals surface area contributed by atoms with Gasteiger partial charge in [0.2, 0.25) is 0 Å². The van der Waals surface area contributed by atoms with Gasteiger partial charge in [0.1, 0.15) is 23.9 Å². The summed E-state index contributed by atoms with van der Waals surface area (Å²) in [5.41, 5.74) is 3.52. The number of halogens is 3. The molecule has 0 radical (unpaired) electrons. The highest BCUT2D eigenvalue weighted by molar-refractivity contribution is 6.42. The maximum Gasteiger partial charge on any atom is 0.278 e. The first-order valence-corrected chi connectivity index (χ1v) is 11.1. The minimum Gasteiger partial charge on any atom is -0.489 e. The van der Waals surface area contributed by atoms with Crippen LogP contribution in [0.2, 0.25) is 10.0 Å². The van der Waals surface area contributed by atoms with E-state index in [1.807, 2.05) is 13.0 Å². The second-order valence-corrected chi connectivity index (χ2v) is 8.53. The number of benzene rings is 2. The van der Waals surface area contributed by atoms with Gasteiger partial charge < -0.3 is 14.6 Å². The Balaban J connectivity index is 1.51. The summed E-state index contributed by atoms with van der Waals surface area (Å²) >= 11 is 12.1. The molecule has 1 amide bonds. The van der Waals surface area contributed by atoms with E-state index < -0.39 is 5.91 Å². The van der Waals surface area contributed by atoms with Crippen LogP contribution in [0.4, 0.5) is 10.1 Å². The quantitative estimate of drug-likeness (QED) is 0.329. The second-order valence-electron chi connectivity index (χ2n) is 7.71. The zero-order valence-electron chi connectivity index (χ0n) is 18.7. The van der Waals surface area contributed by atoms with E-state index in [2.05, 4.69) is 15.6 Å². The molecule has 2 heterocycles. The van der Waals surface area contributed by atoms with Crippen molar-refractivity contribution in [2.45, 2.75) is 33.9 Å². The van der Waals surface area contributed by atoms with E-state index in [0.717, 1.165) is 11.3 Å². The molecule has 0 aliphatic carbocycles. The lowest BCUT2D eigenvalue weighted by atomic mass is 10.2. The van der Waals surface area contributed by atoms with Crippen molar-refractivity contribution < 1.29 is 18.4 Å². The molecule has 4 rings (SSSR count). The van der Waals surface area contributed by atoms with Crippen molar-refractivity contribution in [1.82, 2.24) is 14.9 Å². The van der Waals surface area contributed by atoms with Crippen LogP contribution in [0.5, 0.6) is 5.75 Å². The van der Waals surface area contributed by atoms with E-state index in [9.17, 15) is 9.18 Å². The summed E-state index contributed by atoms with van der Waals surface area (Å²) in [6.07, 6.45) is 0. The molecule has 0 aliphatic rings. The van der Waals surface area contributed by atoms with E-state index in [1.165, 1.54) is 24.3 Å². The van der Waals surface area contributed by atoms with Crippen LogP contribution in [0, 0.1) is 26.6 Å². The molecule has 0 aliphatic heterocycles. The molecule has 0 fully saturated rings. The Morgan fingerprint density at radius 2 is 1.85 bits per heavy atom. The molecule has 4 aromatic rings. The third-order valence-electron chi connectivity index (χ3n) is 5.33. The number of nitrogens with one attached hydrogen (secondary N) is 1. The fourth-order valence-electron chi connectivity index (χ4n) is 3.44. The molecule has 7 nitrogen and oxygen atoms in total. The summed E-state index contributed by atoms with van der Waals surface area (Å²) in [4.78, 5) is 13.1. The summed E-state index contributed by atoms with van der Waals surface area (Å²) in [5, 5.41) is 12.3. The molecular formula is C24H21Cl2FN4O3. The molecule has 0 bridgehead atoms. The summed E-state index contributed by atoms with van der Waals surface area (Å²) in [5.74, 6) is 0.105. The number of carbonyl (C=O) groups is 1. The average molecular weight is 503 g/mol. The molecule has 176 valence electrons. The average Bonchev–Trinajstić information content (AvgIpc) is 3.30. The molecule has 0 spiro atoms. The van der Waals surface area contributed by atoms with Gasteiger partial charge in [0.25, 0.3) is 5.91 Å². The lowest BCUT2D eigenvalue weighted by molar-refractivity contribution is 0.101. The number of nitrogens with zero attached hydrogens (tertiary/aromatic N) is 3. The first-order valence-electron chi connectivity index (χ1n) is 10.4. The standard InChI is InChI=1S/C24H21Cl2FN4O3/c1-13-22(14(2)31(29-13)11-16-4-9-20(25)21(26)10-16)28-24(32)23-19(15(3)34-30-23)12-33-18-7-5-17(27)6-8-18/h4-10H,11-12H2,1-3H3,(H,28,32). The Morgan fingerprint density at radius 1 is 1.12 bits per heavy atom. The van der Waals surface area contributed by atoms with Gasteiger partial charge in [-0.2, -0.15) is 5.10 Å². The Kier molecular flexibility index (Phi) is 6.90. The largest absolute Gasteiger partial charge is 0.489 e. The normalized spacial score (nSPS) is 11.0. The number of rotatable bonds is 7. The number of hydrogen-bond acceptors (Lipinski definition) is 5. The van der Waals surface area contributed by atoms with Gasteiger partial charge in [-0.1, -0.05) is 34.4 Å². The van der Waals surface area contributed by atoms with Gasteiger partial charge in [0.15, 0.2) is 5.69 Å². The van der Waals surface area contributed by atoms with Crippen LogP contribution < -0.4 is 10.1 Å². The van der Waals surface area contributed by atoms with Gasteiger partial charge in [0, 0.05) is 0 Å². The third-order valence-corrected chi connectivity index (χ3v) is 6.07. The second kappa shape index (κ2) is 9.87. The molecule has 0 saturated heterocycles. The van der Waals surface area contributed by atoms with Crippen LogP contribution in [0.15, 0.2) is 47.0 Å². The summed E-state index contributed by atoms with van der Waals surface area (Å²) in [6.45, 7) is 5.86. The lowest BCUT2D eigenvalue weighted by Crippen LogP contribution is -2.16. The van der Waals surface area contributed by atoms with Crippen molar-refractivity contribution in [3.63, 3.8) is 0 Å². The summed E-state index contributed by atoms with van der Waals surface area (Å²) in [7, 11) is 0. The maximum atomic E-state index is 13.1. The Bertz CT molecular complexity index is 1350. The van der Waals surface area contributed by atoms with Crippen LogP contribution in [0.1, 0.15) is 38.8 Å². The molecule has 0 saturated carbocycles. The fourth-order valence-corrected chi connectivity index (χ4v) is 3.76. The van der Waals surface area contributed by atoms with Crippen LogP contribution in [0.25, 0.3) is 0 Å². The minimum atomic E-state index is -0.449. The van der Waals surface area contributed by atoms with Gasteiger partial charge in [0.05, 0.1) is 39.2 Å². The maximum absolute atomic E-state index is 13.1. The van der Waals surface area contributed by atoms with E-state index in [0.29, 0.717) is 45.0 Å². The van der Waals surface area contributed by atoms with Crippen LogP contribution in [0.3, 0.4) is 0 Å². The summed E-state index contributed by atoms with van der Waals surface area (Å²) < 4.78 is 25.8. The molecule has 0 unspecified atom stereocenters. The van der Waals surface area contributed by atoms with Crippen molar-refractivity contribution in [1.29, 1.82) is 0 Å². The highest BCUT2D eigenvalue weighted by Crippen LogP contribution is 2.26. The molecule has 0 atom stereocenters. The molecule has 2 aromatic carbocycles. The first kappa shape index (κ1) is 23.8. The fraction of sp³-hybridized carbons (Fsp3) is 0.208. The van der Waals surface area contributed by atoms with E-state index >= 15 is 0 Å². The SMILES string of the molecule is Cc1nn(Cc2ccc(Cl)c(Cl)c2)c(C)c1NC(=O)c1noc(C)c1COc1ccc(F)cc1. The van der Waals surface area contributed by atoms with Gasteiger partial charge in [-0.25, -0.2) is 4.39 Å². The van der Waals surface area contributed by atoms with Gasteiger partial charge in [-0.3, -0.25) is 9.48 Å². The van der Waals surface area contributed by atoms with Crippen molar-refractivity contribution in [2.75, 3.05) is 5.32 Å². The lowest BCUT2D eigenvalue weighted by Gasteiger charge is -2.09. The predicted octanol–water partition coefficient (Wildman–Crippen LogP) is 6.12. The van der Waals surface area contributed by atoms with Crippen LogP contribution in [-0.4, -0.2) is 20.8 Å². The minimum absolute atomic E-state index is 0.0400. The summed E-state index contributed by atoms with van der Waals surface area (Å²) in [6, 6.07) is 11.0. The Morgan fingerprint density at radius 3 is 2.56 bits per heavy atom. The van der Waals surface area contributed by atoms with Gasteiger partial charge >= 0.3 is 0 Å². The molecule has 10 heteroatoms. The molecule has 1 N–H and O–H groups in total. The zero-order chi connectivity index (χ0) is 24.4. The highest BCUT2D eigenvalue weighted by atomic mass is 35.5. The number of anilines is 1. The molecule has 34 heavy (non-hydrogen) atoms. The van der Waals surface area contributed by atoms with Crippen LogP contribution >= 0.6 is 23.2 Å². The van der Waals surface area contributed by atoms with Crippen molar-refractivity contribution in [3.05, 3.63) is 92.3 Å². The van der Waals surface area contributed by atoms with Gasteiger partial charge in [-0.15, -0.1) is 0 Å². The number of ether oxygens (including phenoxy) is 1. The molecule has 2 aromatic heterocycles. The third kappa shape index (κ3) is 5.08. The van der Waals surface area contributed by atoms with Gasteiger partial charge in [-0.05, 0) is 62.7 Å². The number of aromatic nitrogens is 3. The van der Waals surface area contributed by atoms with E-state index in [1.54, 1.807) is 30.7 Å². The topological polar surface area (TPSA) is 82.2 Å². The molecular weight excluding hydrogens is 482 g/mol.